The highest BCUT2D eigenvalue weighted by Gasteiger charge is 2.16. The molecular weight excluding hydrogens is 140 g/mol. The van der Waals surface area contributed by atoms with Crippen LogP contribution in [0, 0.1) is 0 Å². The van der Waals surface area contributed by atoms with Gasteiger partial charge in [0.15, 0.2) is 0 Å². The van der Waals surface area contributed by atoms with E-state index in [2.05, 4.69) is 11.8 Å². The summed E-state index contributed by atoms with van der Waals surface area (Å²) in [5.41, 5.74) is 5.69. The van der Waals surface area contributed by atoms with Crippen LogP contribution in [-0.4, -0.2) is 43.3 Å². The van der Waals surface area contributed by atoms with Crippen molar-refractivity contribution in [1.29, 1.82) is 0 Å². The van der Waals surface area contributed by atoms with Crippen LogP contribution in [0.5, 0.6) is 0 Å². The fourth-order valence-corrected chi connectivity index (χ4v) is 1.46. The van der Waals surface area contributed by atoms with Crippen molar-refractivity contribution >= 4 is 0 Å². The lowest BCUT2D eigenvalue weighted by molar-refractivity contribution is -0.0193. The second-order valence-corrected chi connectivity index (χ2v) is 3.42. The molecule has 1 fully saturated rings. The van der Waals surface area contributed by atoms with Gasteiger partial charge in [-0.1, -0.05) is 0 Å². The number of nitrogens with two attached hydrogens (primary N) is 1. The Morgan fingerprint density at radius 2 is 2.45 bits per heavy atom. The fourth-order valence-electron chi connectivity index (χ4n) is 1.46. The van der Waals surface area contributed by atoms with Gasteiger partial charge in [0.2, 0.25) is 0 Å². The molecule has 2 N–H and O–H groups in total. The molecule has 3 heteroatoms. The summed E-state index contributed by atoms with van der Waals surface area (Å²) in [7, 11) is 0. The molecule has 11 heavy (non-hydrogen) atoms. The van der Waals surface area contributed by atoms with Crippen LogP contribution in [0.25, 0.3) is 0 Å². The third-order valence-electron chi connectivity index (χ3n) is 1.87. The highest BCUT2D eigenvalue weighted by molar-refractivity contribution is 4.70. The van der Waals surface area contributed by atoms with Gasteiger partial charge in [-0.3, -0.25) is 4.90 Å². The standard InChI is InChI=1S/C8H18N2O/c1-7(9)5-10-3-4-11-8(2)6-10/h7-8H,3-6,9H2,1-2H3/t7-,8?/m1/s1. The quantitative estimate of drug-likeness (QED) is 0.617. The molecule has 2 atom stereocenters. The SMILES string of the molecule is CC1CN(C[C@@H](C)N)CCO1. The Hall–Kier alpha value is -0.120. The van der Waals surface area contributed by atoms with Gasteiger partial charge in [-0.15, -0.1) is 0 Å². The molecule has 1 heterocycles. The summed E-state index contributed by atoms with van der Waals surface area (Å²) < 4.78 is 5.41. The lowest BCUT2D eigenvalue weighted by Crippen LogP contribution is -2.45. The number of rotatable bonds is 2. The first kappa shape index (κ1) is 8.97. The van der Waals surface area contributed by atoms with E-state index in [1.54, 1.807) is 0 Å². The largest absolute Gasteiger partial charge is 0.376 e. The van der Waals surface area contributed by atoms with Crippen molar-refractivity contribution in [2.24, 2.45) is 5.73 Å². The summed E-state index contributed by atoms with van der Waals surface area (Å²) in [6.07, 6.45) is 0.377. The molecule has 0 aromatic heterocycles. The van der Waals surface area contributed by atoms with Gasteiger partial charge in [0.1, 0.15) is 0 Å². The summed E-state index contributed by atoms with van der Waals surface area (Å²) in [6.45, 7) is 8.06. The van der Waals surface area contributed by atoms with E-state index in [1.165, 1.54) is 0 Å². The summed E-state index contributed by atoms with van der Waals surface area (Å²) in [6, 6.07) is 0.278. The van der Waals surface area contributed by atoms with Crippen LogP contribution >= 0.6 is 0 Å². The molecule has 0 spiro atoms. The Balaban J connectivity index is 2.23. The van der Waals surface area contributed by atoms with Crippen LogP contribution in [0.3, 0.4) is 0 Å². The molecule has 0 saturated carbocycles. The van der Waals surface area contributed by atoms with Gasteiger partial charge < -0.3 is 10.5 Å². The van der Waals surface area contributed by atoms with Crippen molar-refractivity contribution in [2.75, 3.05) is 26.2 Å². The van der Waals surface area contributed by atoms with Gasteiger partial charge in [0.25, 0.3) is 0 Å². The second-order valence-electron chi connectivity index (χ2n) is 3.42. The van der Waals surface area contributed by atoms with Crippen LogP contribution in [0.4, 0.5) is 0 Å². The molecule has 0 bridgehead atoms. The van der Waals surface area contributed by atoms with Gasteiger partial charge in [-0.25, -0.2) is 0 Å². The lowest BCUT2D eigenvalue weighted by Gasteiger charge is -2.31. The molecule has 1 saturated heterocycles. The van der Waals surface area contributed by atoms with Gasteiger partial charge >= 0.3 is 0 Å². The van der Waals surface area contributed by atoms with Crippen LogP contribution in [0.1, 0.15) is 13.8 Å². The van der Waals surface area contributed by atoms with Crippen LogP contribution in [0.15, 0.2) is 0 Å². The zero-order valence-electron chi connectivity index (χ0n) is 7.42. The first-order chi connectivity index (χ1) is 5.18. The molecule has 0 aromatic carbocycles. The maximum Gasteiger partial charge on any atom is 0.0674 e. The van der Waals surface area contributed by atoms with Gasteiger partial charge in [0, 0.05) is 25.7 Å². The Labute approximate surface area is 68.5 Å². The number of hydrogen-bond donors (Lipinski definition) is 1. The molecular formula is C8H18N2O. The van der Waals surface area contributed by atoms with Crippen molar-refractivity contribution in [3.05, 3.63) is 0 Å². The van der Waals surface area contributed by atoms with Crippen LogP contribution in [0.2, 0.25) is 0 Å². The van der Waals surface area contributed by atoms with Gasteiger partial charge in [0.05, 0.1) is 12.7 Å². The molecule has 1 rings (SSSR count). The maximum atomic E-state index is 5.69. The summed E-state index contributed by atoms with van der Waals surface area (Å²) in [5.74, 6) is 0. The van der Waals surface area contributed by atoms with E-state index in [0.29, 0.717) is 6.10 Å². The summed E-state index contributed by atoms with van der Waals surface area (Å²) in [4.78, 5) is 2.36. The monoisotopic (exact) mass is 158 g/mol. The Morgan fingerprint density at radius 3 is 3.00 bits per heavy atom. The third kappa shape index (κ3) is 3.18. The summed E-state index contributed by atoms with van der Waals surface area (Å²) in [5, 5.41) is 0. The van der Waals surface area contributed by atoms with Gasteiger partial charge in [-0.05, 0) is 13.8 Å². The van der Waals surface area contributed by atoms with E-state index < -0.39 is 0 Å². The van der Waals surface area contributed by atoms with Crippen molar-refractivity contribution in [3.8, 4) is 0 Å². The van der Waals surface area contributed by atoms with E-state index in [1.807, 2.05) is 6.92 Å². The minimum atomic E-state index is 0.278. The number of hydrogen-bond acceptors (Lipinski definition) is 3. The Morgan fingerprint density at radius 1 is 1.73 bits per heavy atom. The van der Waals surface area contributed by atoms with Crippen LogP contribution < -0.4 is 5.73 Å². The smallest absolute Gasteiger partial charge is 0.0674 e. The summed E-state index contributed by atoms with van der Waals surface area (Å²) >= 11 is 0. The molecule has 1 aliphatic rings. The Kier molecular flexibility index (Phi) is 3.30. The predicted octanol–water partition coefficient (Wildman–Crippen LogP) is 0.0543. The zero-order chi connectivity index (χ0) is 8.27. The highest BCUT2D eigenvalue weighted by Crippen LogP contribution is 2.03. The van der Waals surface area contributed by atoms with E-state index in [4.69, 9.17) is 10.5 Å². The van der Waals surface area contributed by atoms with Crippen molar-refractivity contribution in [1.82, 2.24) is 4.90 Å². The average molecular weight is 158 g/mol. The number of ether oxygens (including phenoxy) is 1. The van der Waals surface area contributed by atoms with Crippen molar-refractivity contribution in [3.63, 3.8) is 0 Å². The third-order valence-corrected chi connectivity index (χ3v) is 1.87. The highest BCUT2D eigenvalue weighted by atomic mass is 16.5. The molecule has 1 unspecified atom stereocenters. The van der Waals surface area contributed by atoms with Gasteiger partial charge in [-0.2, -0.15) is 0 Å². The molecule has 0 aliphatic carbocycles. The van der Waals surface area contributed by atoms with E-state index in [0.717, 1.165) is 26.2 Å². The second kappa shape index (κ2) is 4.04. The Bertz CT molecular complexity index is 115. The van der Waals surface area contributed by atoms with E-state index in [-0.39, 0.29) is 6.04 Å². The fraction of sp³-hybridized carbons (Fsp3) is 1.00. The topological polar surface area (TPSA) is 38.5 Å². The first-order valence-corrected chi connectivity index (χ1v) is 4.28. The van der Waals surface area contributed by atoms with Crippen LogP contribution in [-0.2, 0) is 4.74 Å². The van der Waals surface area contributed by atoms with E-state index >= 15 is 0 Å². The van der Waals surface area contributed by atoms with E-state index in [9.17, 15) is 0 Å². The molecule has 0 radical (unpaired) electrons. The molecule has 3 nitrogen and oxygen atoms in total. The van der Waals surface area contributed by atoms with Crippen molar-refractivity contribution in [2.45, 2.75) is 26.0 Å². The molecule has 1 aliphatic heterocycles. The molecule has 66 valence electrons. The minimum absolute atomic E-state index is 0.278. The number of morpholine rings is 1. The molecule has 0 aromatic rings. The first-order valence-electron chi connectivity index (χ1n) is 4.28. The average Bonchev–Trinajstić information content (AvgIpc) is 1.85. The normalized spacial score (nSPS) is 30.3. The minimum Gasteiger partial charge on any atom is -0.376 e. The zero-order valence-corrected chi connectivity index (χ0v) is 7.42. The lowest BCUT2D eigenvalue weighted by atomic mass is 10.2. The number of nitrogens with zero attached hydrogens (tertiary/aromatic N) is 1. The maximum absolute atomic E-state index is 5.69. The predicted molar refractivity (Wildman–Crippen MR) is 45.5 cm³/mol. The van der Waals surface area contributed by atoms with Crippen molar-refractivity contribution < 1.29 is 4.74 Å². The molecule has 0 amide bonds.